The second-order valence-electron chi connectivity index (χ2n) is 6.96. The van der Waals surface area contributed by atoms with Gasteiger partial charge in [-0.05, 0) is 67.1 Å². The van der Waals surface area contributed by atoms with Crippen LogP contribution in [0.25, 0.3) is 16.7 Å². The summed E-state index contributed by atoms with van der Waals surface area (Å²) in [5, 5.41) is 0.539. The van der Waals surface area contributed by atoms with Crippen molar-refractivity contribution >= 4 is 28.6 Å². The summed E-state index contributed by atoms with van der Waals surface area (Å²) in [5.74, 6) is 0.318. The molecule has 158 valence electrons. The third-order valence-corrected chi connectivity index (χ3v) is 5.22. The third kappa shape index (κ3) is 4.07. The maximum atomic E-state index is 13.5. The van der Waals surface area contributed by atoms with Crippen molar-refractivity contribution < 1.29 is 14.3 Å². The summed E-state index contributed by atoms with van der Waals surface area (Å²) < 4.78 is 13.6. The minimum atomic E-state index is -0.419. The standard InChI is InChI=1S/C24H21ClN2O4/c1-3-31-20-10-8-19(9-11-20)27-22-14-18(25)7-12-21(22)26(24(27)29)15-16-5-4-6-17(13-16)23(28)30-2/h4-14H,3,15H2,1-2H3. The highest BCUT2D eigenvalue weighted by Gasteiger charge is 2.16. The molecule has 1 aromatic heterocycles. The zero-order chi connectivity index (χ0) is 22.0. The van der Waals surface area contributed by atoms with E-state index < -0.39 is 5.97 Å². The van der Waals surface area contributed by atoms with E-state index in [9.17, 15) is 9.59 Å². The van der Waals surface area contributed by atoms with Crippen LogP contribution in [-0.4, -0.2) is 28.8 Å². The summed E-state index contributed by atoms with van der Waals surface area (Å²) in [4.78, 5) is 25.3. The number of carbonyl (C=O) groups is 1. The first kappa shape index (κ1) is 20.8. The molecule has 0 amide bonds. The van der Waals surface area contributed by atoms with E-state index in [0.29, 0.717) is 34.9 Å². The predicted molar refractivity (Wildman–Crippen MR) is 121 cm³/mol. The molecule has 0 saturated carbocycles. The first-order chi connectivity index (χ1) is 15.0. The Morgan fingerprint density at radius 3 is 2.48 bits per heavy atom. The number of benzene rings is 3. The Hall–Kier alpha value is -3.51. The lowest BCUT2D eigenvalue weighted by atomic mass is 10.1. The quantitative estimate of drug-likeness (QED) is 0.412. The molecule has 0 spiro atoms. The molecule has 0 saturated heterocycles. The number of aromatic nitrogens is 2. The average molecular weight is 437 g/mol. The number of hydrogen-bond donors (Lipinski definition) is 0. The van der Waals surface area contributed by atoms with Gasteiger partial charge in [0.1, 0.15) is 5.75 Å². The van der Waals surface area contributed by atoms with E-state index in [1.807, 2.05) is 43.3 Å². The van der Waals surface area contributed by atoms with Crippen molar-refractivity contribution in [2.75, 3.05) is 13.7 Å². The summed E-state index contributed by atoms with van der Waals surface area (Å²) in [5.41, 5.74) is 3.20. The van der Waals surface area contributed by atoms with Crippen molar-refractivity contribution in [3.05, 3.63) is 93.4 Å². The highest BCUT2D eigenvalue weighted by Crippen LogP contribution is 2.24. The average Bonchev–Trinajstić information content (AvgIpc) is 3.04. The Kier molecular flexibility index (Phi) is 5.82. The molecule has 6 nitrogen and oxygen atoms in total. The SMILES string of the molecule is CCOc1ccc(-n2c(=O)n(Cc3cccc(C(=O)OC)c3)c3ccc(Cl)cc32)cc1. The van der Waals surface area contributed by atoms with E-state index >= 15 is 0 Å². The van der Waals surface area contributed by atoms with Crippen LogP contribution in [0.1, 0.15) is 22.8 Å². The second-order valence-corrected chi connectivity index (χ2v) is 7.39. The van der Waals surface area contributed by atoms with Gasteiger partial charge in [0, 0.05) is 5.02 Å². The summed E-state index contributed by atoms with van der Waals surface area (Å²) in [6, 6.07) is 19.8. The Bertz CT molecular complexity index is 1310. The second kappa shape index (κ2) is 8.70. The number of carbonyl (C=O) groups excluding carboxylic acids is 1. The Morgan fingerprint density at radius 1 is 1.00 bits per heavy atom. The molecule has 0 atom stereocenters. The van der Waals surface area contributed by atoms with Gasteiger partial charge in [-0.15, -0.1) is 0 Å². The van der Waals surface area contributed by atoms with E-state index in [1.54, 1.807) is 39.5 Å². The number of hydrogen-bond acceptors (Lipinski definition) is 4. The fourth-order valence-corrected chi connectivity index (χ4v) is 3.75. The molecular formula is C24H21ClN2O4. The van der Waals surface area contributed by atoms with Crippen LogP contribution in [0.4, 0.5) is 0 Å². The largest absolute Gasteiger partial charge is 0.494 e. The summed E-state index contributed by atoms with van der Waals surface area (Å²) in [7, 11) is 1.34. The Balaban J connectivity index is 1.83. The summed E-state index contributed by atoms with van der Waals surface area (Å²) in [6.07, 6.45) is 0. The van der Waals surface area contributed by atoms with Gasteiger partial charge < -0.3 is 9.47 Å². The zero-order valence-corrected chi connectivity index (χ0v) is 17.9. The lowest BCUT2D eigenvalue weighted by molar-refractivity contribution is 0.0600. The molecule has 4 aromatic rings. The molecule has 0 aliphatic carbocycles. The zero-order valence-electron chi connectivity index (χ0n) is 17.2. The molecule has 3 aromatic carbocycles. The normalized spacial score (nSPS) is 10.9. The van der Waals surface area contributed by atoms with E-state index in [-0.39, 0.29) is 5.69 Å². The number of imidazole rings is 1. The topological polar surface area (TPSA) is 62.5 Å². The molecule has 0 aliphatic heterocycles. The Labute approximate surface area is 184 Å². The van der Waals surface area contributed by atoms with Gasteiger partial charge in [0.15, 0.2) is 0 Å². The van der Waals surface area contributed by atoms with Crippen LogP contribution in [0, 0.1) is 0 Å². The summed E-state index contributed by atoms with van der Waals surface area (Å²) >= 11 is 6.24. The molecule has 0 N–H and O–H groups in total. The number of methoxy groups -OCH3 is 1. The Morgan fingerprint density at radius 2 is 1.77 bits per heavy atom. The van der Waals surface area contributed by atoms with Gasteiger partial charge >= 0.3 is 11.7 Å². The van der Waals surface area contributed by atoms with E-state index in [2.05, 4.69) is 0 Å². The van der Waals surface area contributed by atoms with Gasteiger partial charge in [-0.3, -0.25) is 9.13 Å². The fraction of sp³-hybridized carbons (Fsp3) is 0.167. The number of fused-ring (bicyclic) bond motifs is 1. The van der Waals surface area contributed by atoms with Crippen molar-refractivity contribution in [1.82, 2.24) is 9.13 Å². The number of rotatable bonds is 6. The predicted octanol–water partition coefficient (Wildman–Crippen LogP) is 4.68. The number of esters is 1. The van der Waals surface area contributed by atoms with E-state index in [4.69, 9.17) is 21.1 Å². The minimum Gasteiger partial charge on any atom is -0.494 e. The minimum absolute atomic E-state index is 0.204. The highest BCUT2D eigenvalue weighted by atomic mass is 35.5. The van der Waals surface area contributed by atoms with Crippen molar-refractivity contribution in [2.24, 2.45) is 0 Å². The van der Waals surface area contributed by atoms with Crippen LogP contribution in [-0.2, 0) is 11.3 Å². The van der Waals surface area contributed by atoms with Crippen LogP contribution in [0.15, 0.2) is 71.5 Å². The van der Waals surface area contributed by atoms with Crippen LogP contribution < -0.4 is 10.4 Å². The van der Waals surface area contributed by atoms with Gasteiger partial charge in [0.25, 0.3) is 0 Å². The van der Waals surface area contributed by atoms with Crippen molar-refractivity contribution in [3.8, 4) is 11.4 Å². The summed E-state index contributed by atoms with van der Waals surface area (Å²) in [6.45, 7) is 2.79. The van der Waals surface area contributed by atoms with Crippen molar-refractivity contribution in [1.29, 1.82) is 0 Å². The molecule has 0 radical (unpaired) electrons. The van der Waals surface area contributed by atoms with Gasteiger partial charge in [0.2, 0.25) is 0 Å². The number of halogens is 1. The number of ether oxygens (including phenoxy) is 2. The van der Waals surface area contributed by atoms with Crippen molar-refractivity contribution in [3.63, 3.8) is 0 Å². The van der Waals surface area contributed by atoms with E-state index in [0.717, 1.165) is 16.8 Å². The van der Waals surface area contributed by atoms with E-state index in [1.165, 1.54) is 7.11 Å². The van der Waals surface area contributed by atoms with Gasteiger partial charge in [0.05, 0.1) is 42.5 Å². The molecule has 1 heterocycles. The molecule has 31 heavy (non-hydrogen) atoms. The van der Waals surface area contributed by atoms with Gasteiger partial charge in [-0.1, -0.05) is 23.7 Å². The number of nitrogens with zero attached hydrogens (tertiary/aromatic N) is 2. The molecule has 4 rings (SSSR count). The molecule has 0 bridgehead atoms. The molecule has 7 heteroatoms. The molecule has 0 aliphatic rings. The van der Waals surface area contributed by atoms with Crippen LogP contribution in [0.5, 0.6) is 5.75 Å². The van der Waals surface area contributed by atoms with Gasteiger partial charge in [-0.2, -0.15) is 0 Å². The molecule has 0 unspecified atom stereocenters. The fourth-order valence-electron chi connectivity index (χ4n) is 3.59. The van der Waals surface area contributed by atoms with Crippen LogP contribution in [0.2, 0.25) is 5.02 Å². The maximum Gasteiger partial charge on any atom is 0.337 e. The lowest BCUT2D eigenvalue weighted by Crippen LogP contribution is -2.23. The smallest absolute Gasteiger partial charge is 0.337 e. The first-order valence-corrected chi connectivity index (χ1v) is 10.2. The lowest BCUT2D eigenvalue weighted by Gasteiger charge is -2.07. The third-order valence-electron chi connectivity index (χ3n) is 4.99. The monoisotopic (exact) mass is 436 g/mol. The van der Waals surface area contributed by atoms with Crippen LogP contribution in [0.3, 0.4) is 0 Å². The highest BCUT2D eigenvalue weighted by molar-refractivity contribution is 6.31. The maximum absolute atomic E-state index is 13.5. The van der Waals surface area contributed by atoms with Crippen LogP contribution >= 0.6 is 11.6 Å². The van der Waals surface area contributed by atoms with Crippen molar-refractivity contribution in [2.45, 2.75) is 13.5 Å². The molecular weight excluding hydrogens is 416 g/mol. The first-order valence-electron chi connectivity index (χ1n) is 9.83. The van der Waals surface area contributed by atoms with Gasteiger partial charge in [-0.25, -0.2) is 9.59 Å². The molecule has 0 fully saturated rings.